The molecular weight excluding hydrogens is 494 g/mol. The number of fused-ring (bicyclic) bond motifs is 5. The Balaban J connectivity index is 1.40. The first kappa shape index (κ1) is 24.3. The number of hydrogen-bond acceptors (Lipinski definition) is 9. The molecule has 0 aliphatic carbocycles. The number of amides is 1. The lowest BCUT2D eigenvalue weighted by molar-refractivity contribution is -0.0898. The van der Waals surface area contributed by atoms with E-state index in [-0.39, 0.29) is 17.0 Å². The van der Waals surface area contributed by atoms with Crippen LogP contribution in [-0.4, -0.2) is 88.7 Å². The van der Waals surface area contributed by atoms with Crippen LogP contribution in [-0.2, 0) is 4.74 Å². The van der Waals surface area contributed by atoms with Gasteiger partial charge in [0, 0.05) is 26.2 Å². The van der Waals surface area contributed by atoms with E-state index >= 15 is 0 Å². The smallest absolute Gasteiger partial charge is 0.258 e. The molecule has 1 aromatic carbocycles. The van der Waals surface area contributed by atoms with Crippen LogP contribution in [0.2, 0.25) is 0 Å². The van der Waals surface area contributed by atoms with Crippen LogP contribution in [0.25, 0.3) is 26.1 Å². The van der Waals surface area contributed by atoms with E-state index in [2.05, 4.69) is 10.2 Å². The van der Waals surface area contributed by atoms with Crippen molar-refractivity contribution in [3.05, 3.63) is 52.2 Å². The summed E-state index contributed by atoms with van der Waals surface area (Å²) in [5, 5.41) is 22.5. The van der Waals surface area contributed by atoms with Gasteiger partial charge in [-0.25, -0.2) is 4.98 Å². The predicted molar refractivity (Wildman–Crippen MR) is 143 cm³/mol. The maximum Gasteiger partial charge on any atom is 0.258 e. The Morgan fingerprint density at radius 1 is 1.16 bits per heavy atom. The van der Waals surface area contributed by atoms with E-state index in [1.54, 1.807) is 6.07 Å². The van der Waals surface area contributed by atoms with E-state index in [1.807, 2.05) is 39.6 Å². The second-order valence-corrected chi connectivity index (χ2v) is 10.5. The van der Waals surface area contributed by atoms with Gasteiger partial charge in [0.15, 0.2) is 11.9 Å². The molecule has 1 atom stereocenters. The number of aliphatic hydroxyl groups excluding tert-OH is 1. The number of nitrogens with one attached hydrogen (secondary N) is 1. The molecule has 37 heavy (non-hydrogen) atoms. The third-order valence-corrected chi connectivity index (χ3v) is 8.42. The molecule has 0 saturated carbocycles. The molecule has 10 nitrogen and oxygen atoms in total. The molecular formula is C26H29N5O5S. The van der Waals surface area contributed by atoms with E-state index in [4.69, 9.17) is 9.72 Å². The zero-order valence-electron chi connectivity index (χ0n) is 20.3. The number of carbonyl (C=O) groups excluding carboxylic acids is 1. The van der Waals surface area contributed by atoms with Gasteiger partial charge in [0.2, 0.25) is 5.43 Å². The maximum absolute atomic E-state index is 13.7. The highest BCUT2D eigenvalue weighted by Gasteiger charge is 2.29. The fourth-order valence-corrected chi connectivity index (χ4v) is 6.60. The van der Waals surface area contributed by atoms with Gasteiger partial charge in [0.1, 0.15) is 16.2 Å². The molecule has 6 rings (SSSR count). The second kappa shape index (κ2) is 9.99. The summed E-state index contributed by atoms with van der Waals surface area (Å²) in [6.07, 6.45) is 0.181. The fraction of sp³-hybridized carbons (Fsp3) is 0.423. The van der Waals surface area contributed by atoms with Crippen molar-refractivity contribution in [2.75, 3.05) is 50.8 Å². The minimum atomic E-state index is -1.41. The summed E-state index contributed by atoms with van der Waals surface area (Å²) in [6, 6.07) is 11.1. The number of carbonyl (C=O) groups is 1. The van der Waals surface area contributed by atoms with Crippen molar-refractivity contribution in [2.24, 2.45) is 0 Å². The minimum Gasteiger partial charge on any atom is -0.378 e. The lowest BCUT2D eigenvalue weighted by Gasteiger charge is -2.28. The number of para-hydroxylation sites is 1. The van der Waals surface area contributed by atoms with Gasteiger partial charge in [0.25, 0.3) is 5.91 Å². The molecule has 3 aromatic heterocycles. The van der Waals surface area contributed by atoms with Crippen LogP contribution >= 0.6 is 11.3 Å². The highest BCUT2D eigenvalue weighted by molar-refractivity contribution is 7.24. The van der Waals surface area contributed by atoms with E-state index in [9.17, 15) is 19.8 Å². The average Bonchev–Trinajstić information content (AvgIpc) is 3.54. The van der Waals surface area contributed by atoms with Crippen LogP contribution in [0, 0.1) is 0 Å². The fourth-order valence-electron chi connectivity index (χ4n) is 5.42. The summed E-state index contributed by atoms with van der Waals surface area (Å²) < 4.78 is 8.35. The number of ether oxygens (including phenoxy) is 1. The van der Waals surface area contributed by atoms with Crippen molar-refractivity contribution in [3.8, 4) is 0 Å². The van der Waals surface area contributed by atoms with E-state index < -0.39 is 12.2 Å². The van der Waals surface area contributed by atoms with Crippen LogP contribution in [0.15, 0.2) is 41.2 Å². The van der Waals surface area contributed by atoms with Crippen LogP contribution in [0.5, 0.6) is 0 Å². The lowest BCUT2D eigenvalue weighted by atomic mass is 10.1. The number of anilines is 1. The minimum absolute atomic E-state index is 0.106. The van der Waals surface area contributed by atoms with E-state index in [1.165, 1.54) is 11.3 Å². The molecule has 2 saturated heterocycles. The number of nitrogens with zero attached hydrogens (tertiary/aromatic N) is 4. The molecule has 194 valence electrons. The highest BCUT2D eigenvalue weighted by Crippen LogP contribution is 2.31. The average molecular weight is 524 g/mol. The number of benzene rings is 1. The monoisotopic (exact) mass is 523 g/mol. The zero-order valence-corrected chi connectivity index (χ0v) is 21.1. The van der Waals surface area contributed by atoms with Gasteiger partial charge in [-0.15, -0.1) is 11.3 Å². The van der Waals surface area contributed by atoms with Crippen molar-refractivity contribution in [1.82, 2.24) is 19.6 Å². The van der Waals surface area contributed by atoms with Crippen LogP contribution in [0.3, 0.4) is 0 Å². The van der Waals surface area contributed by atoms with Gasteiger partial charge in [-0.2, -0.15) is 0 Å². The topological polar surface area (TPSA) is 120 Å². The SMILES string of the molecule is O=C(NCCN1CCC[C@H]1C(O)O)c1c(=O)c2ccc(N3CCOCC3)nc2n2c1sc1ccccc12. The summed E-state index contributed by atoms with van der Waals surface area (Å²) in [5.41, 5.74) is 1.19. The second-order valence-electron chi connectivity index (χ2n) is 9.47. The molecule has 0 radical (unpaired) electrons. The van der Waals surface area contributed by atoms with E-state index in [0.29, 0.717) is 48.6 Å². The summed E-state index contributed by atoms with van der Waals surface area (Å²) in [5.74, 6) is 0.344. The number of rotatable bonds is 6. The first-order chi connectivity index (χ1) is 18.0. The van der Waals surface area contributed by atoms with E-state index in [0.717, 1.165) is 42.1 Å². The van der Waals surface area contributed by atoms with Gasteiger partial charge in [-0.3, -0.25) is 18.9 Å². The first-order valence-electron chi connectivity index (χ1n) is 12.6. The van der Waals surface area contributed by atoms with Crippen molar-refractivity contribution < 1.29 is 19.7 Å². The Hall–Kier alpha value is -3.09. The third kappa shape index (κ3) is 4.36. The molecule has 3 N–H and O–H groups in total. The Labute approximate surface area is 216 Å². The van der Waals surface area contributed by atoms with Crippen molar-refractivity contribution >= 4 is 49.1 Å². The molecule has 1 amide bonds. The quantitative estimate of drug-likeness (QED) is 0.325. The summed E-state index contributed by atoms with van der Waals surface area (Å²) in [7, 11) is 0. The number of hydrogen-bond donors (Lipinski definition) is 3. The number of morpholine rings is 1. The summed E-state index contributed by atoms with van der Waals surface area (Å²) in [6.45, 7) is 4.23. The lowest BCUT2D eigenvalue weighted by Crippen LogP contribution is -2.43. The van der Waals surface area contributed by atoms with Gasteiger partial charge in [-0.05, 0) is 43.7 Å². The van der Waals surface area contributed by atoms with Crippen LogP contribution < -0.4 is 15.6 Å². The largest absolute Gasteiger partial charge is 0.378 e. The number of aromatic nitrogens is 2. The van der Waals surface area contributed by atoms with Gasteiger partial charge in [-0.1, -0.05) is 12.1 Å². The molecule has 2 aliphatic rings. The molecule has 4 aromatic rings. The van der Waals surface area contributed by atoms with Crippen molar-refractivity contribution in [1.29, 1.82) is 0 Å². The zero-order chi connectivity index (χ0) is 25.5. The highest BCUT2D eigenvalue weighted by atomic mass is 32.1. The normalized spacial score (nSPS) is 19.0. The molecule has 2 fully saturated rings. The Morgan fingerprint density at radius 2 is 1.97 bits per heavy atom. The predicted octanol–water partition coefficient (Wildman–Crippen LogP) is 1.40. The molecule has 5 heterocycles. The Morgan fingerprint density at radius 3 is 2.78 bits per heavy atom. The van der Waals surface area contributed by atoms with Crippen LogP contribution in [0.1, 0.15) is 23.2 Å². The molecule has 2 aliphatic heterocycles. The first-order valence-corrected chi connectivity index (χ1v) is 13.4. The number of likely N-dealkylation sites (tertiary alicyclic amines) is 1. The summed E-state index contributed by atoms with van der Waals surface area (Å²) in [4.78, 5) is 36.7. The number of aliphatic hydroxyl groups is 2. The van der Waals surface area contributed by atoms with Crippen molar-refractivity contribution in [2.45, 2.75) is 25.2 Å². The van der Waals surface area contributed by atoms with Crippen molar-refractivity contribution in [3.63, 3.8) is 0 Å². The third-order valence-electron chi connectivity index (χ3n) is 7.28. The Bertz CT molecular complexity index is 1530. The molecule has 0 spiro atoms. The molecule has 0 bridgehead atoms. The Kier molecular flexibility index (Phi) is 6.55. The number of pyridine rings is 2. The maximum atomic E-state index is 13.7. The molecule has 11 heteroatoms. The number of thiazole rings is 1. The summed E-state index contributed by atoms with van der Waals surface area (Å²) >= 11 is 1.40. The van der Waals surface area contributed by atoms with Gasteiger partial charge in [0.05, 0.1) is 34.9 Å². The van der Waals surface area contributed by atoms with Gasteiger partial charge >= 0.3 is 0 Å². The van der Waals surface area contributed by atoms with Gasteiger partial charge < -0.3 is 25.2 Å². The molecule has 0 unspecified atom stereocenters. The van der Waals surface area contributed by atoms with Crippen LogP contribution in [0.4, 0.5) is 5.82 Å². The standard InChI is InChI=1S/C26H29N5O5S/c32-22-16-7-8-20(30-12-14-36-15-13-30)28-23(16)31-17-4-1-2-6-19(17)37-25(31)21(22)24(33)27-9-11-29-10-3-5-18(29)26(34)35/h1-2,4,6-8,18,26,34-35H,3,5,9-15H2,(H,27,33)/t18-/m0/s1.